The van der Waals surface area contributed by atoms with Crippen molar-refractivity contribution in [3.63, 3.8) is 0 Å². The van der Waals surface area contributed by atoms with Crippen LogP contribution in [-0.4, -0.2) is 23.7 Å². The molecule has 1 aliphatic carbocycles. The smallest absolute Gasteiger partial charge is 0.234 e. The zero-order valence-electron chi connectivity index (χ0n) is 10.1. The van der Waals surface area contributed by atoms with Gasteiger partial charge in [0.25, 0.3) is 0 Å². The summed E-state index contributed by atoms with van der Waals surface area (Å²) in [7, 11) is 0. The molecule has 2 rings (SSSR count). The predicted octanol–water partition coefficient (Wildman–Crippen LogP) is 2.54. The van der Waals surface area contributed by atoms with Gasteiger partial charge in [-0.3, -0.25) is 4.79 Å². The van der Waals surface area contributed by atoms with E-state index in [1.807, 2.05) is 18.2 Å². The molecule has 1 atom stereocenters. The number of nitrogens with one attached hydrogen (secondary N) is 1. The van der Waals surface area contributed by atoms with Gasteiger partial charge in [-0.05, 0) is 47.3 Å². The number of amides is 1. The fourth-order valence-corrected chi connectivity index (χ4v) is 3.27. The normalized spacial score (nSPS) is 16.5. The predicted molar refractivity (Wildman–Crippen MR) is 78.6 cm³/mol. The van der Waals surface area contributed by atoms with Crippen LogP contribution >= 0.6 is 27.7 Å². The minimum absolute atomic E-state index is 0.188. The van der Waals surface area contributed by atoms with Gasteiger partial charge in [0.05, 0.1) is 6.04 Å². The molecule has 0 aliphatic heterocycles. The largest absolute Gasteiger partial charge is 0.368 e. The highest BCUT2D eigenvalue weighted by Gasteiger charge is 2.26. The number of halogens is 1. The molecule has 0 heterocycles. The number of nitrogens with two attached hydrogens (primary N) is 1. The molecule has 1 aromatic rings. The Balaban J connectivity index is 1.79. The van der Waals surface area contributed by atoms with E-state index in [9.17, 15) is 4.79 Å². The zero-order chi connectivity index (χ0) is 13.0. The molecule has 18 heavy (non-hydrogen) atoms. The Hall–Kier alpha value is -0.520. The molecule has 3 nitrogen and oxygen atoms in total. The maximum Gasteiger partial charge on any atom is 0.234 e. The van der Waals surface area contributed by atoms with E-state index in [2.05, 4.69) is 27.3 Å². The third-order valence-corrected chi connectivity index (χ3v) is 4.92. The number of thioether (sulfide) groups is 1. The minimum atomic E-state index is -0.241. The molecular formula is C13H17BrN2OS. The summed E-state index contributed by atoms with van der Waals surface area (Å²) < 4.78 is 1.10. The first-order valence-electron chi connectivity index (χ1n) is 6.09. The van der Waals surface area contributed by atoms with E-state index >= 15 is 0 Å². The van der Waals surface area contributed by atoms with Gasteiger partial charge in [0.2, 0.25) is 5.91 Å². The van der Waals surface area contributed by atoms with Crippen molar-refractivity contribution in [3.8, 4) is 0 Å². The third kappa shape index (κ3) is 4.30. The number of hydrogen-bond acceptors (Lipinski definition) is 3. The van der Waals surface area contributed by atoms with E-state index in [0.717, 1.165) is 16.6 Å². The maximum absolute atomic E-state index is 11.3. The van der Waals surface area contributed by atoms with Crippen LogP contribution in [0.5, 0.6) is 0 Å². The highest BCUT2D eigenvalue weighted by atomic mass is 79.9. The fraction of sp³-hybridized carbons (Fsp3) is 0.462. The average molecular weight is 329 g/mol. The van der Waals surface area contributed by atoms with Crippen LogP contribution in [0.3, 0.4) is 0 Å². The lowest BCUT2D eigenvalue weighted by molar-refractivity contribution is -0.120. The number of rotatable bonds is 7. The number of primary amides is 1. The second-order valence-corrected chi connectivity index (χ2v) is 6.45. The van der Waals surface area contributed by atoms with E-state index in [1.165, 1.54) is 17.7 Å². The van der Waals surface area contributed by atoms with Crippen molar-refractivity contribution in [2.75, 3.05) is 5.75 Å². The first-order chi connectivity index (χ1) is 8.66. The first-order valence-corrected chi connectivity index (χ1v) is 7.87. The summed E-state index contributed by atoms with van der Waals surface area (Å²) in [5.74, 6) is 0.644. The molecule has 0 bridgehead atoms. The van der Waals surface area contributed by atoms with Crippen LogP contribution in [0.15, 0.2) is 33.6 Å². The molecule has 0 saturated heterocycles. The molecular weight excluding hydrogens is 312 g/mol. The number of carbonyl (C=O) groups is 1. The molecule has 3 N–H and O–H groups in total. The summed E-state index contributed by atoms with van der Waals surface area (Å²) in [6.45, 7) is 0. The van der Waals surface area contributed by atoms with E-state index in [1.54, 1.807) is 11.8 Å². The van der Waals surface area contributed by atoms with E-state index in [0.29, 0.717) is 6.04 Å². The molecule has 1 saturated carbocycles. The molecule has 0 spiro atoms. The van der Waals surface area contributed by atoms with Crippen molar-refractivity contribution in [2.24, 2.45) is 5.73 Å². The molecule has 1 fully saturated rings. The van der Waals surface area contributed by atoms with Gasteiger partial charge >= 0.3 is 0 Å². The number of carbonyl (C=O) groups excluding carboxylic acids is 1. The molecule has 0 aromatic heterocycles. The Kier molecular flexibility index (Phi) is 5.09. The van der Waals surface area contributed by atoms with Gasteiger partial charge in [-0.25, -0.2) is 0 Å². The summed E-state index contributed by atoms with van der Waals surface area (Å²) >= 11 is 5.26. The monoisotopic (exact) mass is 328 g/mol. The van der Waals surface area contributed by atoms with Crippen molar-refractivity contribution < 1.29 is 4.79 Å². The maximum atomic E-state index is 11.3. The Morgan fingerprint density at radius 1 is 1.50 bits per heavy atom. The number of benzene rings is 1. The quantitative estimate of drug-likeness (QED) is 0.756. The molecule has 5 heteroatoms. The Morgan fingerprint density at radius 3 is 2.83 bits per heavy atom. The molecule has 1 aliphatic rings. The average Bonchev–Trinajstić information content (AvgIpc) is 3.14. The second-order valence-electron chi connectivity index (χ2n) is 4.46. The lowest BCUT2D eigenvalue weighted by atomic mass is 10.2. The van der Waals surface area contributed by atoms with Gasteiger partial charge in [0.15, 0.2) is 0 Å². The van der Waals surface area contributed by atoms with Crippen LogP contribution in [0.4, 0.5) is 0 Å². The Bertz CT molecular complexity index is 423. The van der Waals surface area contributed by atoms with Crippen molar-refractivity contribution in [1.29, 1.82) is 0 Å². The molecule has 1 amide bonds. The van der Waals surface area contributed by atoms with Crippen molar-refractivity contribution >= 4 is 33.6 Å². The zero-order valence-corrected chi connectivity index (χ0v) is 12.5. The molecule has 98 valence electrons. The van der Waals surface area contributed by atoms with Crippen molar-refractivity contribution in [3.05, 3.63) is 28.7 Å². The molecule has 0 radical (unpaired) electrons. The number of hydrogen-bond donors (Lipinski definition) is 2. The summed E-state index contributed by atoms with van der Waals surface area (Å²) in [5.41, 5.74) is 5.40. The van der Waals surface area contributed by atoms with Gasteiger partial charge in [-0.2, -0.15) is 0 Å². The highest BCUT2D eigenvalue weighted by molar-refractivity contribution is 9.10. The first kappa shape index (κ1) is 13.9. The SMILES string of the molecule is NC(=O)C(CCSc1ccccc1Br)NC1CC1. The summed E-state index contributed by atoms with van der Waals surface area (Å²) in [4.78, 5) is 12.5. The fourth-order valence-electron chi connectivity index (χ4n) is 1.69. The topological polar surface area (TPSA) is 55.1 Å². The highest BCUT2D eigenvalue weighted by Crippen LogP contribution is 2.28. The van der Waals surface area contributed by atoms with Crippen LogP contribution < -0.4 is 11.1 Å². The molecule has 1 aromatic carbocycles. The standard InChI is InChI=1S/C13H17BrN2OS/c14-10-3-1-2-4-12(10)18-8-7-11(13(15)17)16-9-5-6-9/h1-4,9,11,16H,5-8H2,(H2,15,17). The summed E-state index contributed by atoms with van der Waals surface area (Å²) in [5, 5.41) is 3.29. The van der Waals surface area contributed by atoms with Crippen LogP contribution in [0.25, 0.3) is 0 Å². The molecule has 1 unspecified atom stereocenters. The Labute approximate surface area is 120 Å². The minimum Gasteiger partial charge on any atom is -0.368 e. The van der Waals surface area contributed by atoms with Gasteiger partial charge in [0.1, 0.15) is 0 Å². The van der Waals surface area contributed by atoms with Crippen LogP contribution in [0.2, 0.25) is 0 Å². The van der Waals surface area contributed by atoms with Gasteiger partial charge < -0.3 is 11.1 Å². The van der Waals surface area contributed by atoms with Crippen LogP contribution in [-0.2, 0) is 4.79 Å². The van der Waals surface area contributed by atoms with Crippen LogP contribution in [0.1, 0.15) is 19.3 Å². The van der Waals surface area contributed by atoms with E-state index < -0.39 is 0 Å². The Morgan fingerprint density at radius 2 is 2.22 bits per heavy atom. The lowest BCUT2D eigenvalue weighted by Gasteiger charge is -2.14. The van der Waals surface area contributed by atoms with Crippen LogP contribution in [0, 0.1) is 0 Å². The van der Waals surface area contributed by atoms with E-state index in [4.69, 9.17) is 5.73 Å². The van der Waals surface area contributed by atoms with Crippen molar-refractivity contribution in [2.45, 2.75) is 36.2 Å². The second kappa shape index (κ2) is 6.59. The summed E-state index contributed by atoms with van der Waals surface area (Å²) in [6, 6.07) is 8.43. The van der Waals surface area contributed by atoms with Crippen molar-refractivity contribution in [1.82, 2.24) is 5.32 Å². The summed E-state index contributed by atoms with van der Waals surface area (Å²) in [6.07, 6.45) is 3.11. The van der Waals surface area contributed by atoms with Gasteiger partial charge in [0, 0.05) is 21.2 Å². The lowest BCUT2D eigenvalue weighted by Crippen LogP contribution is -2.42. The van der Waals surface area contributed by atoms with Gasteiger partial charge in [-0.1, -0.05) is 12.1 Å². The van der Waals surface area contributed by atoms with Gasteiger partial charge in [-0.15, -0.1) is 11.8 Å². The third-order valence-electron chi connectivity index (χ3n) is 2.86. The van der Waals surface area contributed by atoms with E-state index in [-0.39, 0.29) is 11.9 Å².